The molecule has 0 unspecified atom stereocenters. The first-order chi connectivity index (χ1) is 8.21. The topological polar surface area (TPSA) is 69.2 Å². The van der Waals surface area contributed by atoms with Crippen molar-refractivity contribution in [2.45, 2.75) is 17.6 Å². The van der Waals surface area contributed by atoms with E-state index < -0.39 is 0 Å². The lowest BCUT2D eigenvalue weighted by Crippen LogP contribution is -2.19. The standard InChI is InChI=1S/C10H16N4O2S/c1-15-8-12-7(13-9(14-8)16-2)11-6-10(17-3)4-5-10/h4-6H2,1-3H3,(H,11,12,13,14). The molecule has 1 aliphatic carbocycles. The fourth-order valence-electron chi connectivity index (χ4n) is 1.43. The van der Waals surface area contributed by atoms with Gasteiger partial charge >= 0.3 is 12.0 Å². The zero-order chi connectivity index (χ0) is 12.3. The van der Waals surface area contributed by atoms with Gasteiger partial charge in [0, 0.05) is 11.3 Å². The van der Waals surface area contributed by atoms with Gasteiger partial charge in [-0.15, -0.1) is 4.98 Å². The lowest BCUT2D eigenvalue weighted by molar-refractivity contribution is 0.341. The second kappa shape index (κ2) is 4.95. The number of thioether (sulfide) groups is 1. The highest BCUT2D eigenvalue weighted by Gasteiger charge is 2.41. The van der Waals surface area contributed by atoms with E-state index in [9.17, 15) is 0 Å². The van der Waals surface area contributed by atoms with Crippen LogP contribution in [0.5, 0.6) is 12.0 Å². The van der Waals surface area contributed by atoms with Crippen LogP contribution in [0.15, 0.2) is 0 Å². The molecule has 94 valence electrons. The normalized spacial score (nSPS) is 16.4. The Bertz CT molecular complexity index is 376. The van der Waals surface area contributed by atoms with Crippen molar-refractivity contribution in [2.24, 2.45) is 0 Å². The summed E-state index contributed by atoms with van der Waals surface area (Å²) >= 11 is 1.88. The van der Waals surface area contributed by atoms with E-state index in [1.54, 1.807) is 0 Å². The molecule has 0 radical (unpaired) electrons. The van der Waals surface area contributed by atoms with Crippen LogP contribution in [0.4, 0.5) is 5.95 Å². The van der Waals surface area contributed by atoms with Gasteiger partial charge in [0.05, 0.1) is 14.2 Å². The Kier molecular flexibility index (Phi) is 3.56. The van der Waals surface area contributed by atoms with Crippen LogP contribution >= 0.6 is 11.8 Å². The Hall–Kier alpha value is -1.24. The van der Waals surface area contributed by atoms with Crippen molar-refractivity contribution >= 4 is 17.7 Å². The summed E-state index contributed by atoms with van der Waals surface area (Å²) in [5.41, 5.74) is 0. The highest BCUT2D eigenvalue weighted by molar-refractivity contribution is 8.00. The zero-order valence-electron chi connectivity index (χ0n) is 10.2. The van der Waals surface area contributed by atoms with Crippen LogP contribution in [0.2, 0.25) is 0 Å². The molecule has 1 aromatic heterocycles. The van der Waals surface area contributed by atoms with Gasteiger partial charge in [-0.3, -0.25) is 0 Å². The van der Waals surface area contributed by atoms with E-state index in [0.29, 0.717) is 10.7 Å². The molecular formula is C10H16N4O2S. The largest absolute Gasteiger partial charge is 0.467 e. The predicted molar refractivity (Wildman–Crippen MR) is 66.9 cm³/mol. The van der Waals surface area contributed by atoms with Crippen LogP contribution in [-0.2, 0) is 0 Å². The minimum atomic E-state index is 0.258. The molecule has 1 N–H and O–H groups in total. The van der Waals surface area contributed by atoms with Gasteiger partial charge in [0.1, 0.15) is 0 Å². The fraction of sp³-hybridized carbons (Fsp3) is 0.700. The first-order valence-electron chi connectivity index (χ1n) is 5.34. The van der Waals surface area contributed by atoms with Crippen molar-refractivity contribution in [3.05, 3.63) is 0 Å². The van der Waals surface area contributed by atoms with E-state index in [1.165, 1.54) is 27.1 Å². The maximum Gasteiger partial charge on any atom is 0.324 e. The van der Waals surface area contributed by atoms with Crippen LogP contribution in [0.1, 0.15) is 12.8 Å². The molecule has 0 aliphatic heterocycles. The molecule has 17 heavy (non-hydrogen) atoms. The van der Waals surface area contributed by atoms with Crippen molar-refractivity contribution in [1.29, 1.82) is 0 Å². The van der Waals surface area contributed by atoms with Gasteiger partial charge in [0.2, 0.25) is 5.95 Å². The highest BCUT2D eigenvalue weighted by Crippen LogP contribution is 2.46. The molecule has 1 aromatic rings. The van der Waals surface area contributed by atoms with Gasteiger partial charge in [-0.1, -0.05) is 0 Å². The molecule has 0 atom stereocenters. The maximum atomic E-state index is 4.98. The van der Waals surface area contributed by atoms with E-state index in [0.717, 1.165) is 6.54 Å². The van der Waals surface area contributed by atoms with Crippen molar-refractivity contribution in [1.82, 2.24) is 15.0 Å². The monoisotopic (exact) mass is 256 g/mol. The summed E-state index contributed by atoms with van der Waals surface area (Å²) in [6.07, 6.45) is 4.60. The molecule has 0 saturated heterocycles. The average molecular weight is 256 g/mol. The van der Waals surface area contributed by atoms with Gasteiger partial charge in [0.15, 0.2) is 0 Å². The number of rotatable bonds is 6. The van der Waals surface area contributed by atoms with Crippen LogP contribution in [0.25, 0.3) is 0 Å². The number of nitrogens with one attached hydrogen (secondary N) is 1. The summed E-state index contributed by atoms with van der Waals surface area (Å²) in [7, 11) is 3.03. The van der Waals surface area contributed by atoms with E-state index in [-0.39, 0.29) is 12.0 Å². The first-order valence-corrected chi connectivity index (χ1v) is 6.57. The third kappa shape index (κ3) is 2.91. The summed E-state index contributed by atoms with van der Waals surface area (Å²) in [5.74, 6) is 0.494. The Labute approximate surface area is 105 Å². The molecule has 7 heteroatoms. The molecular weight excluding hydrogens is 240 g/mol. The van der Waals surface area contributed by atoms with Crippen molar-refractivity contribution in [2.75, 3.05) is 32.3 Å². The van der Waals surface area contributed by atoms with Crippen LogP contribution < -0.4 is 14.8 Å². The highest BCUT2D eigenvalue weighted by atomic mass is 32.2. The van der Waals surface area contributed by atoms with Crippen LogP contribution in [0.3, 0.4) is 0 Å². The van der Waals surface area contributed by atoms with E-state index in [1.807, 2.05) is 11.8 Å². The summed E-state index contributed by atoms with van der Waals surface area (Å²) in [6, 6.07) is 0.515. The fourth-order valence-corrected chi connectivity index (χ4v) is 2.16. The van der Waals surface area contributed by atoms with Crippen LogP contribution in [-0.4, -0.2) is 46.7 Å². The number of ether oxygens (including phenoxy) is 2. The first kappa shape index (κ1) is 12.2. The third-order valence-electron chi connectivity index (χ3n) is 2.77. The van der Waals surface area contributed by atoms with E-state index >= 15 is 0 Å². The number of hydrogen-bond acceptors (Lipinski definition) is 7. The molecule has 1 heterocycles. The van der Waals surface area contributed by atoms with Crippen molar-refractivity contribution in [3.8, 4) is 12.0 Å². The van der Waals surface area contributed by atoms with E-state index in [4.69, 9.17) is 9.47 Å². The SMILES string of the molecule is COc1nc(NCC2(SC)CC2)nc(OC)n1. The Balaban J connectivity index is 2.04. The van der Waals surface area contributed by atoms with Gasteiger partial charge in [-0.25, -0.2) is 0 Å². The smallest absolute Gasteiger partial charge is 0.324 e. The van der Waals surface area contributed by atoms with Gasteiger partial charge in [-0.05, 0) is 19.1 Å². The van der Waals surface area contributed by atoms with Crippen molar-refractivity contribution < 1.29 is 9.47 Å². The van der Waals surface area contributed by atoms with Gasteiger partial charge < -0.3 is 14.8 Å². The number of nitrogens with zero attached hydrogens (tertiary/aromatic N) is 3. The van der Waals surface area contributed by atoms with E-state index in [2.05, 4.69) is 26.5 Å². The van der Waals surface area contributed by atoms with Crippen LogP contribution in [0, 0.1) is 0 Å². The second-order valence-corrected chi connectivity index (χ2v) is 5.15. The third-order valence-corrected chi connectivity index (χ3v) is 4.19. The molecule has 0 spiro atoms. The van der Waals surface area contributed by atoms with Gasteiger partial charge in [0.25, 0.3) is 0 Å². The zero-order valence-corrected chi connectivity index (χ0v) is 11.0. The summed E-state index contributed by atoms with van der Waals surface area (Å²) in [6.45, 7) is 0.852. The predicted octanol–water partition coefficient (Wildman–Crippen LogP) is 1.20. The Morgan fingerprint density at radius 1 is 1.18 bits per heavy atom. The summed E-state index contributed by atoms with van der Waals surface area (Å²) < 4.78 is 10.3. The second-order valence-electron chi connectivity index (χ2n) is 3.87. The molecule has 1 saturated carbocycles. The number of methoxy groups -OCH3 is 2. The molecule has 2 rings (SSSR count). The molecule has 0 aromatic carbocycles. The summed E-state index contributed by atoms with van der Waals surface area (Å²) in [4.78, 5) is 12.2. The number of hydrogen-bond donors (Lipinski definition) is 1. The quantitative estimate of drug-likeness (QED) is 0.820. The molecule has 6 nitrogen and oxygen atoms in total. The Morgan fingerprint density at radius 3 is 2.18 bits per heavy atom. The average Bonchev–Trinajstić information content (AvgIpc) is 3.16. The summed E-state index contributed by atoms with van der Waals surface area (Å²) in [5, 5.41) is 3.20. The Morgan fingerprint density at radius 2 is 1.76 bits per heavy atom. The van der Waals surface area contributed by atoms with Gasteiger partial charge in [-0.2, -0.15) is 21.7 Å². The molecule has 0 amide bonds. The minimum absolute atomic E-state index is 0.258. The lowest BCUT2D eigenvalue weighted by Gasteiger charge is -2.13. The van der Waals surface area contributed by atoms with Crippen molar-refractivity contribution in [3.63, 3.8) is 0 Å². The molecule has 0 bridgehead atoms. The molecule has 1 fully saturated rings. The molecule has 1 aliphatic rings. The number of anilines is 1. The number of aromatic nitrogens is 3. The lowest BCUT2D eigenvalue weighted by atomic mass is 10.4. The minimum Gasteiger partial charge on any atom is -0.467 e. The maximum absolute atomic E-state index is 4.98.